The first-order chi connectivity index (χ1) is 15.7. The SMILES string of the molecule is COC(=O)c1cc(OC)c(OC)cc1NC(=O)[C@H]1CCCN(S(=O)(=O)c2ccc(C)cc2)C1. The second-order valence-corrected chi connectivity index (χ2v) is 9.69. The third-order valence-corrected chi connectivity index (χ3v) is 7.48. The van der Waals surface area contributed by atoms with Crippen LogP contribution in [0.4, 0.5) is 5.69 Å². The summed E-state index contributed by atoms with van der Waals surface area (Å²) in [5, 5.41) is 2.74. The van der Waals surface area contributed by atoms with Gasteiger partial charge in [0.25, 0.3) is 0 Å². The lowest BCUT2D eigenvalue weighted by atomic mass is 9.98. The largest absolute Gasteiger partial charge is 0.493 e. The van der Waals surface area contributed by atoms with E-state index in [9.17, 15) is 18.0 Å². The number of benzene rings is 2. The molecule has 3 rings (SSSR count). The second-order valence-electron chi connectivity index (χ2n) is 7.75. The molecule has 2 aromatic rings. The highest BCUT2D eigenvalue weighted by Gasteiger charge is 2.34. The van der Waals surface area contributed by atoms with E-state index >= 15 is 0 Å². The summed E-state index contributed by atoms with van der Waals surface area (Å²) in [5.41, 5.74) is 1.26. The van der Waals surface area contributed by atoms with Crippen LogP contribution in [0, 0.1) is 12.8 Å². The van der Waals surface area contributed by atoms with Crippen LogP contribution in [-0.2, 0) is 19.6 Å². The molecule has 1 atom stereocenters. The Kier molecular flexibility index (Phi) is 7.60. The third kappa shape index (κ3) is 5.28. The first-order valence-corrected chi connectivity index (χ1v) is 11.9. The molecule has 0 unspecified atom stereocenters. The lowest BCUT2D eigenvalue weighted by Gasteiger charge is -2.31. The Hall–Kier alpha value is -3.11. The van der Waals surface area contributed by atoms with Crippen molar-refractivity contribution in [3.05, 3.63) is 47.5 Å². The van der Waals surface area contributed by atoms with Gasteiger partial charge in [0.2, 0.25) is 15.9 Å². The summed E-state index contributed by atoms with van der Waals surface area (Å²) in [6, 6.07) is 9.53. The van der Waals surface area contributed by atoms with E-state index in [0.29, 0.717) is 30.9 Å². The minimum Gasteiger partial charge on any atom is -0.493 e. The van der Waals surface area contributed by atoms with Gasteiger partial charge >= 0.3 is 5.97 Å². The van der Waals surface area contributed by atoms with Gasteiger partial charge in [0, 0.05) is 25.2 Å². The molecule has 0 aromatic heterocycles. The topological polar surface area (TPSA) is 111 Å². The Morgan fingerprint density at radius 3 is 2.27 bits per heavy atom. The zero-order valence-corrected chi connectivity index (χ0v) is 19.9. The Morgan fingerprint density at radius 1 is 1.03 bits per heavy atom. The summed E-state index contributed by atoms with van der Waals surface area (Å²) in [6.07, 6.45) is 1.06. The molecule has 33 heavy (non-hydrogen) atoms. The predicted octanol–water partition coefficient (Wildman–Crippen LogP) is 2.84. The monoisotopic (exact) mass is 476 g/mol. The zero-order valence-electron chi connectivity index (χ0n) is 19.1. The van der Waals surface area contributed by atoms with E-state index in [2.05, 4.69) is 5.32 Å². The quantitative estimate of drug-likeness (QED) is 0.612. The standard InChI is InChI=1S/C23H28N2O7S/c1-15-7-9-17(10-8-15)33(28,29)25-11-5-6-16(14-25)22(26)24-19-13-21(31-3)20(30-2)12-18(19)23(27)32-4/h7-10,12-13,16H,5-6,11,14H2,1-4H3,(H,24,26)/t16-/m0/s1. The fraction of sp³-hybridized carbons (Fsp3) is 0.391. The molecule has 1 N–H and O–H groups in total. The fourth-order valence-corrected chi connectivity index (χ4v) is 5.25. The molecule has 0 saturated carbocycles. The number of hydrogen-bond donors (Lipinski definition) is 1. The van der Waals surface area contributed by atoms with Gasteiger partial charge in [-0.05, 0) is 31.9 Å². The maximum absolute atomic E-state index is 13.1. The van der Waals surface area contributed by atoms with Crippen molar-refractivity contribution < 1.29 is 32.2 Å². The smallest absolute Gasteiger partial charge is 0.340 e. The number of carbonyl (C=O) groups is 2. The van der Waals surface area contributed by atoms with E-state index in [-0.39, 0.29) is 22.7 Å². The van der Waals surface area contributed by atoms with Crippen molar-refractivity contribution in [2.24, 2.45) is 5.92 Å². The van der Waals surface area contributed by atoms with E-state index in [0.717, 1.165) is 5.56 Å². The van der Waals surface area contributed by atoms with Crippen molar-refractivity contribution in [1.29, 1.82) is 0 Å². The normalized spacial score (nSPS) is 16.7. The van der Waals surface area contributed by atoms with Gasteiger partial charge < -0.3 is 19.5 Å². The molecule has 0 radical (unpaired) electrons. The first-order valence-electron chi connectivity index (χ1n) is 10.4. The van der Waals surface area contributed by atoms with Gasteiger partial charge in [-0.3, -0.25) is 4.79 Å². The number of methoxy groups -OCH3 is 3. The Balaban J connectivity index is 1.83. The zero-order chi connectivity index (χ0) is 24.2. The van der Waals surface area contributed by atoms with Crippen LogP contribution in [-0.4, -0.2) is 59.0 Å². The molecule has 0 aliphatic carbocycles. The third-order valence-electron chi connectivity index (χ3n) is 5.60. The van der Waals surface area contributed by atoms with Crippen LogP contribution < -0.4 is 14.8 Å². The van der Waals surface area contributed by atoms with Crippen LogP contribution >= 0.6 is 0 Å². The number of esters is 1. The molecule has 1 heterocycles. The molecule has 10 heteroatoms. The van der Waals surface area contributed by atoms with Gasteiger partial charge in [-0.1, -0.05) is 17.7 Å². The van der Waals surface area contributed by atoms with E-state index in [1.54, 1.807) is 24.3 Å². The molecular formula is C23H28N2O7S. The molecule has 0 spiro atoms. The number of sulfonamides is 1. The van der Waals surface area contributed by atoms with Gasteiger partial charge in [-0.15, -0.1) is 0 Å². The van der Waals surface area contributed by atoms with Crippen molar-refractivity contribution in [2.75, 3.05) is 39.7 Å². The summed E-state index contributed by atoms with van der Waals surface area (Å²) in [6.45, 7) is 2.26. The highest BCUT2D eigenvalue weighted by Crippen LogP contribution is 2.34. The van der Waals surface area contributed by atoms with Gasteiger partial charge in [-0.25, -0.2) is 13.2 Å². The minimum atomic E-state index is -3.72. The van der Waals surface area contributed by atoms with Gasteiger partial charge in [0.15, 0.2) is 11.5 Å². The maximum Gasteiger partial charge on any atom is 0.340 e. The summed E-state index contributed by atoms with van der Waals surface area (Å²) in [4.78, 5) is 25.5. The summed E-state index contributed by atoms with van der Waals surface area (Å²) in [5.74, 6) is -0.996. The summed E-state index contributed by atoms with van der Waals surface area (Å²) < 4.78 is 42.8. The van der Waals surface area contributed by atoms with E-state index < -0.39 is 27.8 Å². The van der Waals surface area contributed by atoms with Gasteiger partial charge in [0.05, 0.1) is 43.4 Å². The number of ether oxygens (including phenoxy) is 3. The van der Waals surface area contributed by atoms with Crippen molar-refractivity contribution in [1.82, 2.24) is 4.31 Å². The van der Waals surface area contributed by atoms with Crippen LogP contribution in [0.3, 0.4) is 0 Å². The predicted molar refractivity (Wildman–Crippen MR) is 122 cm³/mol. The first kappa shape index (κ1) is 24.5. The number of nitrogens with one attached hydrogen (secondary N) is 1. The van der Waals surface area contributed by atoms with Gasteiger partial charge in [-0.2, -0.15) is 4.31 Å². The van der Waals surface area contributed by atoms with Crippen molar-refractivity contribution in [3.8, 4) is 11.5 Å². The number of rotatable bonds is 7. The molecular weight excluding hydrogens is 448 g/mol. The average Bonchev–Trinajstić information content (AvgIpc) is 2.83. The van der Waals surface area contributed by atoms with Crippen molar-refractivity contribution >= 4 is 27.6 Å². The summed E-state index contributed by atoms with van der Waals surface area (Å²) in [7, 11) is 0.389. The molecule has 0 bridgehead atoms. The maximum atomic E-state index is 13.1. The minimum absolute atomic E-state index is 0.0445. The Morgan fingerprint density at radius 2 is 1.67 bits per heavy atom. The number of hydrogen-bond acceptors (Lipinski definition) is 7. The number of nitrogens with zero attached hydrogens (tertiary/aromatic N) is 1. The number of anilines is 1. The highest BCUT2D eigenvalue weighted by molar-refractivity contribution is 7.89. The van der Waals surface area contributed by atoms with Crippen LogP contribution in [0.2, 0.25) is 0 Å². The molecule has 178 valence electrons. The van der Waals surface area contributed by atoms with Crippen LogP contribution in [0.5, 0.6) is 11.5 Å². The lowest BCUT2D eigenvalue weighted by Crippen LogP contribution is -2.43. The van der Waals surface area contributed by atoms with E-state index in [1.165, 1.54) is 37.8 Å². The molecule has 1 amide bonds. The van der Waals surface area contributed by atoms with E-state index in [4.69, 9.17) is 14.2 Å². The van der Waals surface area contributed by atoms with Crippen LogP contribution in [0.25, 0.3) is 0 Å². The van der Waals surface area contributed by atoms with Crippen molar-refractivity contribution in [2.45, 2.75) is 24.7 Å². The fourth-order valence-electron chi connectivity index (χ4n) is 3.73. The average molecular weight is 477 g/mol. The van der Waals surface area contributed by atoms with E-state index in [1.807, 2.05) is 6.92 Å². The second kappa shape index (κ2) is 10.2. The van der Waals surface area contributed by atoms with Crippen molar-refractivity contribution in [3.63, 3.8) is 0 Å². The lowest BCUT2D eigenvalue weighted by molar-refractivity contribution is -0.120. The Bertz CT molecular complexity index is 1130. The summed E-state index contributed by atoms with van der Waals surface area (Å²) >= 11 is 0. The molecule has 9 nitrogen and oxygen atoms in total. The Labute approximate surface area is 193 Å². The number of aryl methyl sites for hydroxylation is 1. The number of amides is 1. The van der Waals surface area contributed by atoms with Crippen LogP contribution in [0.15, 0.2) is 41.3 Å². The van der Waals surface area contributed by atoms with Gasteiger partial charge in [0.1, 0.15) is 0 Å². The number of carbonyl (C=O) groups excluding carboxylic acids is 2. The molecule has 1 aliphatic heterocycles. The highest BCUT2D eigenvalue weighted by atomic mass is 32.2. The number of piperidine rings is 1. The molecule has 1 saturated heterocycles. The molecule has 1 aliphatic rings. The molecule has 2 aromatic carbocycles. The van der Waals surface area contributed by atoms with Crippen LogP contribution in [0.1, 0.15) is 28.8 Å². The molecule has 1 fully saturated rings.